The Kier molecular flexibility index (Phi) is 3.64. The van der Waals surface area contributed by atoms with Gasteiger partial charge in [0.05, 0.1) is 5.56 Å². The lowest BCUT2D eigenvalue weighted by Crippen LogP contribution is -2.49. The van der Waals surface area contributed by atoms with E-state index in [0.29, 0.717) is 23.2 Å². The van der Waals surface area contributed by atoms with Crippen LogP contribution in [0.4, 0.5) is 10.1 Å². The van der Waals surface area contributed by atoms with Gasteiger partial charge >= 0.3 is 5.97 Å². The van der Waals surface area contributed by atoms with E-state index in [1.807, 2.05) is 12.1 Å². The average Bonchev–Trinajstić information content (AvgIpc) is 2.50. The second-order valence-corrected chi connectivity index (χ2v) is 5.87. The number of esters is 1. The largest absolute Gasteiger partial charge is 0.445 e. The van der Waals surface area contributed by atoms with Crippen molar-refractivity contribution in [3.63, 3.8) is 0 Å². The number of hydrogen-bond acceptors (Lipinski definition) is 3. The molecule has 1 aliphatic rings. The molecule has 2 aromatic rings. The second kappa shape index (κ2) is 5.50. The Morgan fingerprint density at radius 2 is 2.00 bits per heavy atom. The zero-order valence-electron chi connectivity index (χ0n) is 12.9. The molecular formula is C18H16FNO3. The van der Waals surface area contributed by atoms with E-state index in [-0.39, 0.29) is 5.82 Å². The third-order valence-corrected chi connectivity index (χ3v) is 4.00. The van der Waals surface area contributed by atoms with Gasteiger partial charge in [0.2, 0.25) is 0 Å². The lowest BCUT2D eigenvalue weighted by atomic mass is 9.89. The van der Waals surface area contributed by atoms with Gasteiger partial charge in [-0.1, -0.05) is 18.2 Å². The molecule has 0 aromatic heterocycles. The van der Waals surface area contributed by atoms with E-state index in [9.17, 15) is 14.0 Å². The first kappa shape index (κ1) is 15.2. The fourth-order valence-electron chi connectivity index (χ4n) is 2.68. The minimum atomic E-state index is -1.30. The summed E-state index contributed by atoms with van der Waals surface area (Å²) in [7, 11) is 0. The Hall–Kier alpha value is -2.69. The SMILES string of the molecule is Cc1cc(F)ccc1NC(=O)C1(C)Cc2ccccc2C(=O)O1. The molecule has 0 aliphatic carbocycles. The second-order valence-electron chi connectivity index (χ2n) is 5.87. The molecule has 4 nitrogen and oxygen atoms in total. The van der Waals surface area contributed by atoms with Gasteiger partial charge < -0.3 is 10.1 Å². The molecular weight excluding hydrogens is 297 g/mol. The number of cyclic esters (lactones) is 1. The van der Waals surface area contributed by atoms with E-state index < -0.39 is 17.5 Å². The molecule has 3 rings (SSSR count). The number of nitrogens with one attached hydrogen (secondary N) is 1. The fraction of sp³-hybridized carbons (Fsp3) is 0.222. The summed E-state index contributed by atoms with van der Waals surface area (Å²) < 4.78 is 18.5. The normalized spacial score (nSPS) is 19.7. The highest BCUT2D eigenvalue weighted by Gasteiger charge is 2.42. The van der Waals surface area contributed by atoms with Crippen molar-refractivity contribution in [3.8, 4) is 0 Å². The first-order valence-corrected chi connectivity index (χ1v) is 7.28. The maximum Gasteiger partial charge on any atom is 0.339 e. The van der Waals surface area contributed by atoms with Gasteiger partial charge in [0.1, 0.15) is 5.82 Å². The molecule has 0 radical (unpaired) electrons. The van der Waals surface area contributed by atoms with E-state index >= 15 is 0 Å². The van der Waals surface area contributed by atoms with Crippen molar-refractivity contribution in [2.24, 2.45) is 0 Å². The highest BCUT2D eigenvalue weighted by Crippen LogP contribution is 2.29. The standard InChI is InChI=1S/C18H16FNO3/c1-11-9-13(19)7-8-15(11)20-17(22)18(2)10-12-5-3-4-6-14(12)16(21)23-18/h3-9H,10H2,1-2H3,(H,20,22). The summed E-state index contributed by atoms with van der Waals surface area (Å²) in [5.74, 6) is -1.32. The molecule has 1 N–H and O–H groups in total. The predicted molar refractivity (Wildman–Crippen MR) is 83.7 cm³/mol. The minimum absolute atomic E-state index is 0.293. The van der Waals surface area contributed by atoms with Crippen LogP contribution in [0.3, 0.4) is 0 Å². The number of anilines is 1. The zero-order valence-corrected chi connectivity index (χ0v) is 12.9. The Balaban J connectivity index is 1.86. The quantitative estimate of drug-likeness (QED) is 0.866. The van der Waals surface area contributed by atoms with Crippen molar-refractivity contribution < 1.29 is 18.7 Å². The van der Waals surface area contributed by atoms with Gasteiger partial charge in [-0.05, 0) is 49.2 Å². The third-order valence-electron chi connectivity index (χ3n) is 4.00. The number of carbonyl (C=O) groups excluding carboxylic acids is 2. The fourth-order valence-corrected chi connectivity index (χ4v) is 2.68. The third kappa shape index (κ3) is 2.82. The predicted octanol–water partition coefficient (Wildman–Crippen LogP) is 3.24. The van der Waals surface area contributed by atoms with E-state index in [4.69, 9.17) is 4.74 Å². The Morgan fingerprint density at radius 3 is 2.74 bits per heavy atom. The van der Waals surface area contributed by atoms with Crippen LogP contribution < -0.4 is 5.32 Å². The van der Waals surface area contributed by atoms with Crippen molar-refractivity contribution >= 4 is 17.6 Å². The summed E-state index contributed by atoms with van der Waals surface area (Å²) in [4.78, 5) is 24.7. The van der Waals surface area contributed by atoms with Crippen LogP contribution in [-0.2, 0) is 16.0 Å². The number of fused-ring (bicyclic) bond motifs is 1. The highest BCUT2D eigenvalue weighted by molar-refractivity contribution is 6.02. The van der Waals surface area contributed by atoms with Gasteiger partial charge in [-0.2, -0.15) is 0 Å². The summed E-state index contributed by atoms with van der Waals surface area (Å²) in [5.41, 5.74) is 1.05. The number of halogens is 1. The molecule has 0 bridgehead atoms. The summed E-state index contributed by atoms with van der Waals surface area (Å²) in [6.07, 6.45) is 0.293. The molecule has 0 fully saturated rings. The van der Waals surface area contributed by atoms with Crippen molar-refractivity contribution in [1.29, 1.82) is 0 Å². The van der Waals surface area contributed by atoms with Gasteiger partial charge in [-0.3, -0.25) is 4.79 Å². The molecule has 118 valence electrons. The van der Waals surface area contributed by atoms with Gasteiger partial charge in [0.15, 0.2) is 5.60 Å². The van der Waals surface area contributed by atoms with Crippen molar-refractivity contribution in [3.05, 3.63) is 65.0 Å². The molecule has 2 aromatic carbocycles. The smallest absolute Gasteiger partial charge is 0.339 e. The summed E-state index contributed by atoms with van der Waals surface area (Å²) in [6.45, 7) is 3.28. The molecule has 1 heterocycles. The van der Waals surface area contributed by atoms with E-state index in [1.54, 1.807) is 26.0 Å². The summed E-state index contributed by atoms with van der Waals surface area (Å²) in [6, 6.07) is 11.2. The van der Waals surface area contributed by atoms with Crippen LogP contribution in [0.2, 0.25) is 0 Å². The van der Waals surface area contributed by atoms with Crippen LogP contribution in [0.5, 0.6) is 0 Å². The molecule has 5 heteroatoms. The van der Waals surface area contributed by atoms with Crippen LogP contribution in [0.15, 0.2) is 42.5 Å². The molecule has 23 heavy (non-hydrogen) atoms. The summed E-state index contributed by atoms with van der Waals surface area (Å²) >= 11 is 0. The molecule has 0 spiro atoms. The summed E-state index contributed by atoms with van der Waals surface area (Å²) in [5, 5.41) is 2.72. The molecule has 1 atom stereocenters. The zero-order chi connectivity index (χ0) is 16.6. The highest BCUT2D eigenvalue weighted by atomic mass is 19.1. The van der Waals surface area contributed by atoms with Crippen molar-refractivity contribution in [2.45, 2.75) is 25.9 Å². The van der Waals surface area contributed by atoms with Crippen LogP contribution in [-0.4, -0.2) is 17.5 Å². The molecule has 0 saturated carbocycles. The van der Waals surface area contributed by atoms with Gasteiger partial charge in [-0.15, -0.1) is 0 Å². The first-order chi connectivity index (χ1) is 10.9. The van der Waals surface area contributed by atoms with E-state index in [2.05, 4.69) is 5.32 Å². The average molecular weight is 313 g/mol. The monoisotopic (exact) mass is 313 g/mol. The van der Waals surface area contributed by atoms with Crippen LogP contribution in [0.1, 0.15) is 28.4 Å². The van der Waals surface area contributed by atoms with Crippen LogP contribution >= 0.6 is 0 Å². The topological polar surface area (TPSA) is 55.4 Å². The lowest BCUT2D eigenvalue weighted by molar-refractivity contribution is -0.134. The maximum absolute atomic E-state index is 13.1. The molecule has 1 unspecified atom stereocenters. The van der Waals surface area contributed by atoms with Gasteiger partial charge in [0.25, 0.3) is 5.91 Å². The lowest BCUT2D eigenvalue weighted by Gasteiger charge is -2.33. The molecule has 1 amide bonds. The number of amides is 1. The number of carbonyl (C=O) groups is 2. The van der Waals surface area contributed by atoms with Gasteiger partial charge in [-0.25, -0.2) is 9.18 Å². The van der Waals surface area contributed by atoms with Crippen molar-refractivity contribution in [1.82, 2.24) is 0 Å². The molecule has 0 saturated heterocycles. The van der Waals surface area contributed by atoms with E-state index in [1.165, 1.54) is 18.2 Å². The number of aryl methyl sites for hydroxylation is 1. The molecule has 1 aliphatic heterocycles. The number of rotatable bonds is 2. The number of benzene rings is 2. The Bertz CT molecular complexity index is 803. The first-order valence-electron chi connectivity index (χ1n) is 7.28. The van der Waals surface area contributed by atoms with Crippen molar-refractivity contribution in [2.75, 3.05) is 5.32 Å². The Labute approximate surface area is 133 Å². The van der Waals surface area contributed by atoms with Crippen LogP contribution in [0.25, 0.3) is 0 Å². The van der Waals surface area contributed by atoms with Gasteiger partial charge in [0, 0.05) is 12.1 Å². The van der Waals surface area contributed by atoms with E-state index in [0.717, 1.165) is 5.56 Å². The minimum Gasteiger partial charge on any atom is -0.445 e. The number of ether oxygens (including phenoxy) is 1. The number of hydrogen-bond donors (Lipinski definition) is 1. The van der Waals surface area contributed by atoms with Crippen LogP contribution in [0, 0.1) is 12.7 Å². The maximum atomic E-state index is 13.1. The Morgan fingerprint density at radius 1 is 1.26 bits per heavy atom.